The molecular weight excluding hydrogens is 290 g/mol. The maximum atomic E-state index is 10.2. The van der Waals surface area contributed by atoms with Crippen LogP contribution in [0.2, 0.25) is 0 Å². The fourth-order valence-corrected chi connectivity index (χ4v) is 4.16. The van der Waals surface area contributed by atoms with Crippen LogP contribution in [-0.4, -0.2) is 28.8 Å². The molecule has 23 heavy (non-hydrogen) atoms. The Balaban J connectivity index is 1.81. The van der Waals surface area contributed by atoms with Gasteiger partial charge in [-0.25, -0.2) is 0 Å². The average Bonchev–Trinajstić information content (AvgIpc) is 2.54. The van der Waals surface area contributed by atoms with Gasteiger partial charge in [0.1, 0.15) is 5.75 Å². The van der Waals surface area contributed by atoms with E-state index in [1.54, 1.807) is 13.2 Å². The second-order valence-electron chi connectivity index (χ2n) is 6.49. The van der Waals surface area contributed by atoms with Crippen molar-refractivity contribution in [1.82, 2.24) is 4.90 Å². The first-order valence-corrected chi connectivity index (χ1v) is 8.06. The zero-order chi connectivity index (χ0) is 16.1. The maximum Gasteiger partial charge on any atom is 0.160 e. The van der Waals surface area contributed by atoms with Gasteiger partial charge in [0.2, 0.25) is 0 Å². The topological polar surface area (TPSA) is 52.9 Å². The van der Waals surface area contributed by atoms with Gasteiger partial charge >= 0.3 is 0 Å². The number of phenols is 2. The molecule has 0 amide bonds. The lowest BCUT2D eigenvalue weighted by Crippen LogP contribution is -2.41. The van der Waals surface area contributed by atoms with Crippen molar-refractivity contribution in [1.29, 1.82) is 0 Å². The van der Waals surface area contributed by atoms with Crippen LogP contribution in [0.3, 0.4) is 0 Å². The van der Waals surface area contributed by atoms with Crippen molar-refractivity contribution in [3.8, 4) is 17.2 Å². The highest BCUT2D eigenvalue weighted by atomic mass is 16.5. The van der Waals surface area contributed by atoms with Crippen LogP contribution in [0.1, 0.15) is 41.3 Å². The highest BCUT2D eigenvalue weighted by molar-refractivity contribution is 5.50. The number of fused-ring (bicyclic) bond motifs is 4. The first-order valence-electron chi connectivity index (χ1n) is 8.06. The second-order valence-corrected chi connectivity index (χ2v) is 6.49. The van der Waals surface area contributed by atoms with Crippen molar-refractivity contribution >= 4 is 0 Å². The summed E-state index contributed by atoms with van der Waals surface area (Å²) in [5.41, 5.74) is 4.91. The van der Waals surface area contributed by atoms with Crippen molar-refractivity contribution in [2.75, 3.05) is 13.7 Å². The van der Waals surface area contributed by atoms with Gasteiger partial charge in [0.25, 0.3) is 0 Å². The van der Waals surface area contributed by atoms with Crippen LogP contribution in [-0.2, 0) is 12.8 Å². The number of hydrogen-bond donors (Lipinski definition) is 2. The largest absolute Gasteiger partial charge is 0.508 e. The fraction of sp³-hybridized carbons (Fsp3) is 0.368. The van der Waals surface area contributed by atoms with E-state index in [0.29, 0.717) is 17.5 Å². The molecule has 0 saturated carbocycles. The number of phenolic OH excluding ortho intramolecular Hbond substituents is 2. The van der Waals surface area contributed by atoms with Gasteiger partial charge < -0.3 is 14.9 Å². The number of methoxy groups -OCH3 is 1. The molecule has 0 aromatic heterocycles. The Morgan fingerprint density at radius 3 is 2.70 bits per heavy atom. The number of hydrogen-bond acceptors (Lipinski definition) is 4. The number of nitrogens with zero attached hydrogens (tertiary/aromatic N) is 1. The lowest BCUT2D eigenvalue weighted by molar-refractivity contribution is 0.117. The van der Waals surface area contributed by atoms with Crippen LogP contribution in [0.15, 0.2) is 30.3 Å². The molecule has 0 aliphatic carbocycles. The maximum absolute atomic E-state index is 10.2. The monoisotopic (exact) mass is 311 g/mol. The first kappa shape index (κ1) is 14.4. The van der Waals surface area contributed by atoms with Crippen LogP contribution in [0.25, 0.3) is 0 Å². The van der Waals surface area contributed by atoms with E-state index < -0.39 is 0 Å². The molecule has 0 fully saturated rings. The Bertz CT molecular complexity index is 771. The van der Waals surface area contributed by atoms with E-state index in [0.717, 1.165) is 19.4 Å². The van der Waals surface area contributed by atoms with Gasteiger partial charge in [-0.1, -0.05) is 6.07 Å². The number of aromatic hydroxyl groups is 2. The van der Waals surface area contributed by atoms with Crippen LogP contribution < -0.4 is 4.74 Å². The summed E-state index contributed by atoms with van der Waals surface area (Å²) in [5.74, 6) is 1.06. The quantitative estimate of drug-likeness (QED) is 0.848. The SMILES string of the molecule is COc1cc2c(cc1O)[C@@H]1Cc3cc(O)ccc3[C@@H](C)N1CC2. The van der Waals surface area contributed by atoms with Crippen LogP contribution in [0.5, 0.6) is 17.2 Å². The van der Waals surface area contributed by atoms with E-state index >= 15 is 0 Å². The fourth-order valence-electron chi connectivity index (χ4n) is 4.16. The van der Waals surface area contributed by atoms with Crippen LogP contribution in [0, 0.1) is 0 Å². The molecule has 4 rings (SSSR count). The van der Waals surface area contributed by atoms with E-state index in [9.17, 15) is 10.2 Å². The zero-order valence-electron chi connectivity index (χ0n) is 13.4. The number of benzene rings is 2. The Hall–Kier alpha value is -2.20. The van der Waals surface area contributed by atoms with Crippen LogP contribution >= 0.6 is 0 Å². The average molecular weight is 311 g/mol. The predicted molar refractivity (Wildman–Crippen MR) is 88.0 cm³/mol. The van der Waals surface area contributed by atoms with Crippen molar-refractivity contribution < 1.29 is 14.9 Å². The van der Waals surface area contributed by atoms with Gasteiger partial charge in [-0.05, 0) is 66.3 Å². The summed E-state index contributed by atoms with van der Waals surface area (Å²) < 4.78 is 5.24. The zero-order valence-corrected chi connectivity index (χ0v) is 13.4. The van der Waals surface area contributed by atoms with Crippen LogP contribution in [0.4, 0.5) is 0 Å². The van der Waals surface area contributed by atoms with Crippen molar-refractivity contribution in [3.05, 3.63) is 52.6 Å². The number of ether oxygens (including phenoxy) is 1. The van der Waals surface area contributed by atoms with Gasteiger partial charge in [-0.2, -0.15) is 0 Å². The molecule has 2 atom stereocenters. The molecule has 2 aromatic rings. The van der Waals surface area contributed by atoms with E-state index in [4.69, 9.17) is 4.74 Å². The molecular formula is C19H21NO3. The smallest absolute Gasteiger partial charge is 0.160 e. The molecule has 0 saturated heterocycles. The third-order valence-electron chi connectivity index (χ3n) is 5.33. The molecule has 2 aliphatic heterocycles. The lowest BCUT2D eigenvalue weighted by Gasteiger charge is -2.45. The third kappa shape index (κ3) is 2.17. The van der Waals surface area contributed by atoms with E-state index in [2.05, 4.69) is 11.8 Å². The highest BCUT2D eigenvalue weighted by Gasteiger charge is 2.36. The lowest BCUT2D eigenvalue weighted by atomic mass is 9.81. The minimum absolute atomic E-state index is 0.197. The summed E-state index contributed by atoms with van der Waals surface area (Å²) in [6.45, 7) is 3.21. The summed E-state index contributed by atoms with van der Waals surface area (Å²) in [6.07, 6.45) is 1.81. The Morgan fingerprint density at radius 2 is 1.91 bits per heavy atom. The minimum Gasteiger partial charge on any atom is -0.508 e. The molecule has 0 spiro atoms. The minimum atomic E-state index is 0.197. The molecule has 0 bridgehead atoms. The van der Waals surface area contributed by atoms with Gasteiger partial charge in [-0.3, -0.25) is 4.90 Å². The van der Waals surface area contributed by atoms with Gasteiger partial charge in [0.15, 0.2) is 11.5 Å². The van der Waals surface area contributed by atoms with Gasteiger partial charge in [-0.15, -0.1) is 0 Å². The predicted octanol–water partition coefficient (Wildman–Crippen LogP) is 3.32. The normalized spacial score (nSPS) is 22.9. The standard InChI is InChI=1S/C19H21NO3/c1-11-15-4-3-14(21)7-13(15)8-17-16-10-18(22)19(23-2)9-12(16)5-6-20(11)17/h3-4,7,9-11,17,21-22H,5-6,8H2,1-2H3/t11-,17+/m1/s1. The van der Waals surface area contributed by atoms with E-state index in [1.807, 2.05) is 24.3 Å². The summed E-state index contributed by atoms with van der Waals surface area (Å²) >= 11 is 0. The number of rotatable bonds is 1. The molecule has 4 nitrogen and oxygen atoms in total. The molecule has 2 N–H and O–H groups in total. The van der Waals surface area contributed by atoms with E-state index in [-0.39, 0.29) is 11.8 Å². The van der Waals surface area contributed by atoms with E-state index in [1.165, 1.54) is 22.3 Å². The Kier molecular flexibility index (Phi) is 3.23. The molecule has 2 aromatic carbocycles. The highest BCUT2D eigenvalue weighted by Crippen LogP contribution is 2.46. The summed E-state index contributed by atoms with van der Waals surface area (Å²) in [5, 5.41) is 20.0. The van der Waals surface area contributed by atoms with Crippen molar-refractivity contribution in [2.45, 2.75) is 31.8 Å². The molecule has 2 aliphatic rings. The first-order chi connectivity index (χ1) is 11.1. The Labute approximate surface area is 135 Å². The summed E-state index contributed by atoms with van der Waals surface area (Å²) in [7, 11) is 1.58. The van der Waals surface area contributed by atoms with Gasteiger partial charge in [0.05, 0.1) is 7.11 Å². The van der Waals surface area contributed by atoms with Gasteiger partial charge in [0, 0.05) is 18.6 Å². The molecule has 120 valence electrons. The third-order valence-corrected chi connectivity index (χ3v) is 5.33. The second kappa shape index (κ2) is 5.17. The summed E-state index contributed by atoms with van der Waals surface area (Å²) in [6, 6.07) is 10.0. The Morgan fingerprint density at radius 1 is 1.09 bits per heavy atom. The molecule has 0 unspecified atom stereocenters. The summed E-state index contributed by atoms with van der Waals surface area (Å²) in [4.78, 5) is 2.49. The molecule has 2 heterocycles. The van der Waals surface area contributed by atoms with Crippen molar-refractivity contribution in [2.24, 2.45) is 0 Å². The molecule has 4 heteroatoms. The molecule has 0 radical (unpaired) electrons. The van der Waals surface area contributed by atoms with Crippen molar-refractivity contribution in [3.63, 3.8) is 0 Å².